The highest BCUT2D eigenvalue weighted by atomic mass is 16.6. The third-order valence-electron chi connectivity index (χ3n) is 7.50. The molecule has 1 heterocycles. The second-order valence-corrected chi connectivity index (χ2v) is 10.1. The molecule has 1 unspecified atom stereocenters. The van der Waals surface area contributed by atoms with E-state index in [1.54, 1.807) is 30.3 Å². The lowest BCUT2D eigenvalue weighted by Gasteiger charge is -2.33. The van der Waals surface area contributed by atoms with Gasteiger partial charge in [-0.15, -0.1) is 0 Å². The SMILES string of the molecule is COc1cc(C(C(=O)NC2CCCC2)N(C(=O)c2ccc3c(c2)OCCO3)c2ccc(C)c(C)c2)ccc1O. The van der Waals surface area contributed by atoms with Gasteiger partial charge in [0.25, 0.3) is 5.91 Å². The Hall–Kier alpha value is -4.20. The van der Waals surface area contributed by atoms with Crippen LogP contribution in [0.5, 0.6) is 23.0 Å². The molecule has 1 saturated carbocycles. The second kappa shape index (κ2) is 11.3. The van der Waals surface area contributed by atoms with Crippen molar-refractivity contribution in [2.75, 3.05) is 25.2 Å². The monoisotopic (exact) mass is 530 g/mol. The van der Waals surface area contributed by atoms with Crippen LogP contribution in [0.3, 0.4) is 0 Å². The fraction of sp³-hybridized carbons (Fsp3) is 0.355. The van der Waals surface area contributed by atoms with Gasteiger partial charge in [0.05, 0.1) is 7.11 Å². The highest BCUT2D eigenvalue weighted by Crippen LogP contribution is 2.37. The van der Waals surface area contributed by atoms with Crippen LogP contribution in [0.4, 0.5) is 5.69 Å². The van der Waals surface area contributed by atoms with Gasteiger partial charge in [-0.2, -0.15) is 0 Å². The molecule has 2 aliphatic rings. The maximum absolute atomic E-state index is 14.4. The number of fused-ring (bicyclic) bond motifs is 1. The molecule has 0 aromatic heterocycles. The van der Waals surface area contributed by atoms with Crippen molar-refractivity contribution in [3.8, 4) is 23.0 Å². The summed E-state index contributed by atoms with van der Waals surface area (Å²) in [7, 11) is 1.45. The molecule has 3 aromatic rings. The van der Waals surface area contributed by atoms with Crippen LogP contribution in [-0.4, -0.2) is 43.3 Å². The molecule has 5 rings (SSSR count). The van der Waals surface area contributed by atoms with Gasteiger partial charge in [0.15, 0.2) is 23.0 Å². The summed E-state index contributed by atoms with van der Waals surface area (Å²) in [6.45, 7) is 4.82. The van der Waals surface area contributed by atoms with Crippen molar-refractivity contribution in [3.05, 3.63) is 76.9 Å². The van der Waals surface area contributed by atoms with Gasteiger partial charge in [-0.25, -0.2) is 0 Å². The Balaban J connectivity index is 1.65. The molecular weight excluding hydrogens is 496 g/mol. The number of amides is 2. The van der Waals surface area contributed by atoms with Crippen molar-refractivity contribution >= 4 is 17.5 Å². The molecule has 3 aromatic carbocycles. The molecule has 204 valence electrons. The summed E-state index contributed by atoms with van der Waals surface area (Å²) < 4.78 is 16.7. The van der Waals surface area contributed by atoms with Crippen molar-refractivity contribution < 1.29 is 28.9 Å². The summed E-state index contributed by atoms with van der Waals surface area (Å²) >= 11 is 0. The zero-order chi connectivity index (χ0) is 27.5. The Morgan fingerprint density at radius 2 is 1.69 bits per heavy atom. The van der Waals surface area contributed by atoms with Crippen molar-refractivity contribution in [3.63, 3.8) is 0 Å². The Bertz CT molecular complexity index is 1380. The fourth-order valence-electron chi connectivity index (χ4n) is 5.21. The molecule has 0 radical (unpaired) electrons. The molecule has 2 amide bonds. The Morgan fingerprint density at radius 3 is 2.41 bits per heavy atom. The summed E-state index contributed by atoms with van der Waals surface area (Å²) in [5.41, 5.74) is 3.53. The van der Waals surface area contributed by atoms with E-state index >= 15 is 0 Å². The van der Waals surface area contributed by atoms with Crippen molar-refractivity contribution in [2.45, 2.75) is 51.6 Å². The predicted molar refractivity (Wildman–Crippen MR) is 148 cm³/mol. The van der Waals surface area contributed by atoms with E-state index in [9.17, 15) is 14.7 Å². The van der Waals surface area contributed by atoms with Gasteiger partial charge >= 0.3 is 0 Å². The van der Waals surface area contributed by atoms with E-state index in [1.807, 2.05) is 32.0 Å². The molecule has 8 nitrogen and oxygen atoms in total. The Morgan fingerprint density at radius 1 is 0.949 bits per heavy atom. The third-order valence-corrected chi connectivity index (χ3v) is 7.50. The summed E-state index contributed by atoms with van der Waals surface area (Å²) in [5.74, 6) is 0.581. The number of nitrogens with one attached hydrogen (secondary N) is 1. The van der Waals surface area contributed by atoms with Gasteiger partial charge in [0.2, 0.25) is 5.91 Å². The number of aryl methyl sites for hydroxylation is 2. The van der Waals surface area contributed by atoms with Crippen LogP contribution in [-0.2, 0) is 4.79 Å². The highest BCUT2D eigenvalue weighted by molar-refractivity contribution is 6.10. The third kappa shape index (κ3) is 5.50. The number of phenols is 1. The lowest BCUT2D eigenvalue weighted by molar-refractivity contribution is -0.123. The molecule has 1 aliphatic heterocycles. The van der Waals surface area contributed by atoms with E-state index in [0.717, 1.165) is 36.8 Å². The van der Waals surface area contributed by atoms with Crippen molar-refractivity contribution in [2.24, 2.45) is 0 Å². The number of rotatable bonds is 7. The minimum atomic E-state index is -1.03. The van der Waals surface area contributed by atoms with Crippen LogP contribution in [0.25, 0.3) is 0 Å². The van der Waals surface area contributed by atoms with Crippen LogP contribution in [0.1, 0.15) is 58.8 Å². The van der Waals surface area contributed by atoms with Crippen molar-refractivity contribution in [1.29, 1.82) is 0 Å². The van der Waals surface area contributed by atoms with Gasteiger partial charge in [0, 0.05) is 17.3 Å². The quantitative estimate of drug-likeness (QED) is 0.434. The molecule has 0 bridgehead atoms. The lowest BCUT2D eigenvalue weighted by atomic mass is 9.99. The zero-order valence-corrected chi connectivity index (χ0v) is 22.5. The van der Waals surface area contributed by atoms with E-state index in [2.05, 4.69) is 5.32 Å². The number of ether oxygens (including phenoxy) is 3. The second-order valence-electron chi connectivity index (χ2n) is 10.1. The summed E-state index contributed by atoms with van der Waals surface area (Å²) in [6, 6.07) is 14.5. The molecule has 1 fully saturated rings. The number of carbonyl (C=O) groups is 2. The smallest absolute Gasteiger partial charge is 0.259 e. The van der Waals surface area contributed by atoms with Crippen LogP contribution < -0.4 is 24.4 Å². The fourth-order valence-corrected chi connectivity index (χ4v) is 5.21. The molecule has 0 spiro atoms. The summed E-state index contributed by atoms with van der Waals surface area (Å²) in [5, 5.41) is 13.5. The van der Waals surface area contributed by atoms with Crippen LogP contribution >= 0.6 is 0 Å². The normalized spacial score (nSPS) is 15.5. The van der Waals surface area contributed by atoms with Gasteiger partial charge in [-0.05, 0) is 85.8 Å². The van der Waals surface area contributed by atoms with E-state index < -0.39 is 6.04 Å². The minimum Gasteiger partial charge on any atom is -0.504 e. The topological polar surface area (TPSA) is 97.3 Å². The molecule has 8 heteroatoms. The molecule has 1 aliphatic carbocycles. The first-order chi connectivity index (χ1) is 18.9. The standard InChI is InChI=1S/C31H34N2O6/c1-19-8-11-24(16-20(19)2)33(31(36)22-10-13-26-28(18-22)39-15-14-38-26)29(30(35)32-23-6-4-5-7-23)21-9-12-25(34)27(17-21)37-3/h8-13,16-18,23,29,34H,4-7,14-15H2,1-3H3,(H,32,35). The van der Waals surface area contributed by atoms with E-state index in [0.29, 0.717) is 41.5 Å². The maximum Gasteiger partial charge on any atom is 0.259 e. The molecule has 39 heavy (non-hydrogen) atoms. The van der Waals surface area contributed by atoms with Gasteiger partial charge in [-0.3, -0.25) is 14.5 Å². The number of methoxy groups -OCH3 is 1. The zero-order valence-electron chi connectivity index (χ0n) is 22.5. The number of hydrogen-bond donors (Lipinski definition) is 2. The summed E-state index contributed by atoms with van der Waals surface area (Å²) in [6.07, 6.45) is 3.91. The van der Waals surface area contributed by atoms with Crippen LogP contribution in [0, 0.1) is 13.8 Å². The van der Waals surface area contributed by atoms with Gasteiger partial charge in [0.1, 0.15) is 19.3 Å². The molecule has 2 N–H and O–H groups in total. The van der Waals surface area contributed by atoms with Gasteiger partial charge < -0.3 is 24.6 Å². The van der Waals surface area contributed by atoms with E-state index in [-0.39, 0.29) is 29.4 Å². The first kappa shape index (κ1) is 26.4. The Kier molecular flexibility index (Phi) is 7.63. The lowest BCUT2D eigenvalue weighted by Crippen LogP contribution is -2.46. The number of nitrogens with zero attached hydrogens (tertiary/aromatic N) is 1. The first-order valence-corrected chi connectivity index (χ1v) is 13.3. The highest BCUT2D eigenvalue weighted by Gasteiger charge is 2.36. The number of anilines is 1. The summed E-state index contributed by atoms with van der Waals surface area (Å²) in [4.78, 5) is 30.0. The molecule has 1 atom stereocenters. The number of aromatic hydroxyl groups is 1. The number of hydrogen-bond acceptors (Lipinski definition) is 6. The maximum atomic E-state index is 14.4. The number of benzene rings is 3. The van der Waals surface area contributed by atoms with E-state index in [4.69, 9.17) is 14.2 Å². The number of carbonyl (C=O) groups excluding carboxylic acids is 2. The van der Waals surface area contributed by atoms with E-state index in [1.165, 1.54) is 18.1 Å². The first-order valence-electron chi connectivity index (χ1n) is 13.3. The average molecular weight is 531 g/mol. The number of phenolic OH excluding ortho intramolecular Hbond substituents is 1. The Labute approximate surface area is 228 Å². The van der Waals surface area contributed by atoms with Crippen LogP contribution in [0.2, 0.25) is 0 Å². The minimum absolute atomic E-state index is 0.0463. The predicted octanol–water partition coefficient (Wildman–Crippen LogP) is 5.24. The largest absolute Gasteiger partial charge is 0.504 e. The molecule has 0 saturated heterocycles. The average Bonchev–Trinajstić information content (AvgIpc) is 3.46. The van der Waals surface area contributed by atoms with Crippen LogP contribution in [0.15, 0.2) is 54.6 Å². The molecular formula is C31H34N2O6. The van der Waals surface area contributed by atoms with Gasteiger partial charge in [-0.1, -0.05) is 25.0 Å². The van der Waals surface area contributed by atoms with Crippen molar-refractivity contribution in [1.82, 2.24) is 5.32 Å².